The summed E-state index contributed by atoms with van der Waals surface area (Å²) >= 11 is 6.10. The molecule has 2 unspecified atom stereocenters. The zero-order valence-electron chi connectivity index (χ0n) is 13.5. The van der Waals surface area contributed by atoms with E-state index in [9.17, 15) is 9.59 Å². The molecule has 3 rings (SSSR count). The van der Waals surface area contributed by atoms with Crippen molar-refractivity contribution in [2.75, 3.05) is 18.4 Å². The summed E-state index contributed by atoms with van der Waals surface area (Å²) in [7, 11) is 0. The summed E-state index contributed by atoms with van der Waals surface area (Å²) < 4.78 is 0.476. The van der Waals surface area contributed by atoms with Crippen LogP contribution in [-0.2, 0) is 11.2 Å². The second-order valence-corrected chi connectivity index (χ2v) is 7.52. The Balaban J connectivity index is 1.69. The highest BCUT2D eigenvalue weighted by Crippen LogP contribution is 2.15. The third kappa shape index (κ3) is 4.94. The number of aromatic nitrogens is 2. The fraction of sp³-hybridized carbons (Fsp3) is 0.375. The first kappa shape index (κ1) is 17.7. The quantitative estimate of drug-likeness (QED) is 0.578. The van der Waals surface area contributed by atoms with Crippen molar-refractivity contribution in [3.05, 3.63) is 39.8 Å². The Hall–Kier alpha value is -2.10. The lowest BCUT2D eigenvalue weighted by Gasteiger charge is -2.20. The molecule has 0 bridgehead atoms. The Morgan fingerprint density at radius 2 is 2.16 bits per heavy atom. The normalized spacial score (nSPS) is 17.8. The zero-order valence-corrected chi connectivity index (χ0v) is 15.1. The lowest BCUT2D eigenvalue weighted by molar-refractivity contribution is -0.124. The van der Waals surface area contributed by atoms with Crippen molar-refractivity contribution < 1.29 is 9.59 Å². The highest BCUT2D eigenvalue weighted by atomic mass is 32.1. The molecule has 1 aromatic carbocycles. The zero-order chi connectivity index (χ0) is 17.6. The molecule has 2 heterocycles. The van der Waals surface area contributed by atoms with Crippen molar-refractivity contribution in [1.82, 2.24) is 20.8 Å². The van der Waals surface area contributed by atoms with Gasteiger partial charge in [0, 0.05) is 12.5 Å². The van der Waals surface area contributed by atoms with Crippen molar-refractivity contribution in [1.29, 1.82) is 0 Å². The Morgan fingerprint density at radius 3 is 2.80 bits per heavy atom. The molecule has 4 N–H and O–H groups in total. The van der Waals surface area contributed by atoms with E-state index in [1.54, 1.807) is 0 Å². The predicted octanol–water partition coefficient (Wildman–Crippen LogP) is 2.11. The number of urea groups is 1. The summed E-state index contributed by atoms with van der Waals surface area (Å²) in [6.45, 7) is 1.49. The summed E-state index contributed by atoms with van der Waals surface area (Å²) in [6, 6.07) is 8.62. The van der Waals surface area contributed by atoms with Crippen molar-refractivity contribution in [3.8, 4) is 0 Å². The molecule has 1 fully saturated rings. The molecule has 2 amide bonds. The Kier molecular flexibility index (Phi) is 5.90. The van der Waals surface area contributed by atoms with Crippen LogP contribution in [-0.4, -0.2) is 41.1 Å². The molecular weight excluding hydrogens is 358 g/mol. The van der Waals surface area contributed by atoms with E-state index in [1.807, 2.05) is 30.3 Å². The smallest absolute Gasteiger partial charge is 0.321 e. The molecule has 1 saturated heterocycles. The summed E-state index contributed by atoms with van der Waals surface area (Å²) in [6.07, 6.45) is 1.26. The fourth-order valence-corrected chi connectivity index (χ4v) is 3.61. The van der Waals surface area contributed by atoms with Gasteiger partial charge in [0.1, 0.15) is 0 Å². The summed E-state index contributed by atoms with van der Waals surface area (Å²) in [4.78, 5) is 25.1. The SMILES string of the molecule is O=C(Nc1n[nH]c(=S)s1)NC(Cc1ccccc1)C(=O)C1CCNC1. The van der Waals surface area contributed by atoms with Crippen LogP contribution in [0.5, 0.6) is 0 Å². The fourth-order valence-electron chi connectivity index (χ4n) is 2.83. The molecule has 0 radical (unpaired) electrons. The summed E-state index contributed by atoms with van der Waals surface area (Å²) in [5.74, 6) is -0.0138. The minimum absolute atomic E-state index is 0.0543. The first-order chi connectivity index (χ1) is 12.1. The second-order valence-electron chi connectivity index (χ2n) is 5.85. The number of hydrogen-bond acceptors (Lipinski definition) is 6. The largest absolute Gasteiger partial charge is 0.328 e. The van der Waals surface area contributed by atoms with E-state index in [0.29, 0.717) is 22.1 Å². The lowest BCUT2D eigenvalue weighted by Crippen LogP contribution is -2.47. The first-order valence-corrected chi connectivity index (χ1v) is 9.25. The van der Waals surface area contributed by atoms with E-state index >= 15 is 0 Å². The van der Waals surface area contributed by atoms with Crippen LogP contribution in [0.3, 0.4) is 0 Å². The minimum Gasteiger partial charge on any atom is -0.328 e. The summed E-state index contributed by atoms with van der Waals surface area (Å²) in [5.41, 5.74) is 1.00. The number of carbonyl (C=O) groups is 2. The van der Waals surface area contributed by atoms with Gasteiger partial charge in [0.2, 0.25) is 5.13 Å². The summed E-state index contributed by atoms with van der Waals surface area (Å²) in [5, 5.41) is 15.5. The number of nitrogens with one attached hydrogen (secondary N) is 4. The molecule has 7 nitrogen and oxygen atoms in total. The number of rotatable bonds is 6. The van der Waals surface area contributed by atoms with Gasteiger partial charge in [-0.3, -0.25) is 15.2 Å². The van der Waals surface area contributed by atoms with Crippen molar-refractivity contribution in [3.63, 3.8) is 0 Å². The molecule has 1 aliphatic heterocycles. The van der Waals surface area contributed by atoms with Gasteiger partial charge in [-0.2, -0.15) is 0 Å². The average Bonchev–Trinajstić information content (AvgIpc) is 3.26. The third-order valence-corrected chi connectivity index (χ3v) is 5.06. The third-order valence-electron chi connectivity index (χ3n) is 4.05. The topological polar surface area (TPSA) is 98.9 Å². The van der Waals surface area contributed by atoms with E-state index in [-0.39, 0.29) is 11.7 Å². The van der Waals surface area contributed by atoms with Crippen LogP contribution in [0.15, 0.2) is 30.3 Å². The van der Waals surface area contributed by atoms with E-state index in [0.717, 1.165) is 29.9 Å². The molecule has 9 heteroatoms. The molecule has 1 aliphatic rings. The number of nitrogens with zero attached hydrogens (tertiary/aromatic N) is 1. The second kappa shape index (κ2) is 8.32. The Morgan fingerprint density at radius 1 is 1.36 bits per heavy atom. The van der Waals surface area contributed by atoms with Gasteiger partial charge in [0.15, 0.2) is 9.74 Å². The first-order valence-electron chi connectivity index (χ1n) is 8.03. The van der Waals surface area contributed by atoms with Gasteiger partial charge in [-0.05, 0) is 37.2 Å². The van der Waals surface area contributed by atoms with Gasteiger partial charge in [0.05, 0.1) is 6.04 Å². The average molecular weight is 377 g/mol. The molecule has 25 heavy (non-hydrogen) atoms. The van der Waals surface area contributed by atoms with Crippen LogP contribution in [0.2, 0.25) is 0 Å². The molecule has 0 saturated carbocycles. The highest BCUT2D eigenvalue weighted by Gasteiger charge is 2.30. The highest BCUT2D eigenvalue weighted by molar-refractivity contribution is 7.73. The maximum Gasteiger partial charge on any atom is 0.321 e. The molecular formula is C16H19N5O2S2. The number of hydrogen-bond donors (Lipinski definition) is 4. The number of H-pyrrole nitrogens is 1. The van der Waals surface area contributed by atoms with Crippen LogP contribution in [0, 0.1) is 9.87 Å². The van der Waals surface area contributed by atoms with Gasteiger partial charge < -0.3 is 10.6 Å². The van der Waals surface area contributed by atoms with Crippen LogP contribution >= 0.6 is 23.6 Å². The van der Waals surface area contributed by atoms with Gasteiger partial charge in [0.25, 0.3) is 0 Å². The number of amides is 2. The van der Waals surface area contributed by atoms with E-state index in [2.05, 4.69) is 26.1 Å². The molecule has 0 spiro atoms. The molecule has 132 valence electrons. The van der Waals surface area contributed by atoms with Crippen LogP contribution < -0.4 is 16.0 Å². The molecule has 2 atom stereocenters. The van der Waals surface area contributed by atoms with Crippen LogP contribution in [0.25, 0.3) is 0 Å². The van der Waals surface area contributed by atoms with E-state index in [1.165, 1.54) is 0 Å². The number of aromatic amines is 1. The van der Waals surface area contributed by atoms with Gasteiger partial charge in [-0.1, -0.05) is 41.7 Å². The van der Waals surface area contributed by atoms with Crippen molar-refractivity contribution in [2.24, 2.45) is 5.92 Å². The van der Waals surface area contributed by atoms with Gasteiger partial charge >= 0.3 is 6.03 Å². The number of benzene rings is 1. The number of anilines is 1. The Labute approximate surface area is 154 Å². The lowest BCUT2D eigenvalue weighted by atomic mass is 9.93. The number of carbonyl (C=O) groups excluding carboxylic acids is 2. The number of Topliss-reactive ketones (excluding diaryl/α,β-unsaturated/α-hetero) is 1. The maximum absolute atomic E-state index is 12.8. The van der Waals surface area contributed by atoms with Gasteiger partial charge in [-0.25, -0.2) is 4.79 Å². The predicted molar refractivity (Wildman–Crippen MR) is 99.4 cm³/mol. The van der Waals surface area contributed by atoms with E-state index in [4.69, 9.17) is 12.2 Å². The van der Waals surface area contributed by atoms with Crippen molar-refractivity contribution >= 4 is 40.5 Å². The number of ketones is 1. The van der Waals surface area contributed by atoms with Gasteiger partial charge in [-0.15, -0.1) is 5.10 Å². The Bertz CT molecular complexity index is 783. The van der Waals surface area contributed by atoms with Crippen LogP contribution in [0.1, 0.15) is 12.0 Å². The minimum atomic E-state index is -0.584. The van der Waals surface area contributed by atoms with Crippen LogP contribution in [0.4, 0.5) is 9.93 Å². The molecule has 2 aromatic rings. The maximum atomic E-state index is 12.8. The van der Waals surface area contributed by atoms with Crippen molar-refractivity contribution in [2.45, 2.75) is 18.9 Å². The molecule has 1 aromatic heterocycles. The standard InChI is InChI=1S/C16H19N5O2S2/c22-13(11-6-7-17-9-11)12(8-10-4-2-1-3-5-10)18-14(23)19-15-20-21-16(24)25-15/h1-5,11-12,17H,6-9H2,(H,21,24)(H2,18,19,20,23). The monoisotopic (exact) mass is 377 g/mol. The van der Waals surface area contributed by atoms with E-state index < -0.39 is 12.1 Å². The molecule has 0 aliphatic carbocycles.